The van der Waals surface area contributed by atoms with E-state index in [1.807, 2.05) is 23.9 Å². The zero-order chi connectivity index (χ0) is 18.2. The van der Waals surface area contributed by atoms with Crippen LogP contribution in [0.25, 0.3) is 0 Å². The number of carbonyl (C=O) groups excluding carboxylic acids is 2. The van der Waals surface area contributed by atoms with Crippen molar-refractivity contribution in [3.63, 3.8) is 0 Å². The average Bonchev–Trinajstić information content (AvgIpc) is 2.68. The summed E-state index contributed by atoms with van der Waals surface area (Å²) in [5.74, 6) is 1.96. The molecule has 1 aromatic carbocycles. The Kier molecular flexibility index (Phi) is 10.9. The van der Waals surface area contributed by atoms with E-state index in [-0.39, 0.29) is 42.7 Å². The number of hydrogen-bond acceptors (Lipinski definition) is 5. The zero-order valence-electron chi connectivity index (χ0n) is 15.2. The Labute approximate surface area is 181 Å². The second kappa shape index (κ2) is 12.6. The standard InChI is InChI=1S/C19H22N4O2S.2ClH/c24-18(11-17-13-26-10-9-21-17)22-12-14-1-3-15(4-2-14)19(25)23-16-5-7-20-8-6-16;;/h1-8,17,21H,9-13H2,(H,22,24)(H,20,23,25);2*1H. The normalized spacial score (nSPS) is 15.5. The summed E-state index contributed by atoms with van der Waals surface area (Å²) in [6.45, 7) is 1.43. The predicted octanol–water partition coefficient (Wildman–Crippen LogP) is 2.89. The van der Waals surface area contributed by atoms with Crippen LogP contribution in [-0.4, -0.2) is 40.9 Å². The van der Waals surface area contributed by atoms with Gasteiger partial charge in [0.15, 0.2) is 0 Å². The smallest absolute Gasteiger partial charge is 0.255 e. The summed E-state index contributed by atoms with van der Waals surface area (Å²) in [5, 5.41) is 9.11. The SMILES string of the molecule is Cl.Cl.O=C(CC1CSCCN1)NCc1ccc(C(=O)Nc2ccncc2)cc1. The largest absolute Gasteiger partial charge is 0.352 e. The molecule has 1 atom stereocenters. The first-order chi connectivity index (χ1) is 12.7. The second-order valence-electron chi connectivity index (χ2n) is 6.09. The molecule has 1 aliphatic heterocycles. The first-order valence-corrected chi connectivity index (χ1v) is 9.74. The lowest BCUT2D eigenvalue weighted by Gasteiger charge is -2.22. The molecule has 1 aromatic heterocycles. The van der Waals surface area contributed by atoms with Gasteiger partial charge in [0.1, 0.15) is 0 Å². The van der Waals surface area contributed by atoms with Gasteiger partial charge in [0, 0.05) is 60.7 Å². The number of nitrogens with zero attached hydrogens (tertiary/aromatic N) is 1. The molecule has 9 heteroatoms. The number of thioether (sulfide) groups is 1. The lowest BCUT2D eigenvalue weighted by Crippen LogP contribution is -2.41. The van der Waals surface area contributed by atoms with Crippen LogP contribution in [-0.2, 0) is 11.3 Å². The Bertz CT molecular complexity index is 741. The molecule has 2 heterocycles. The van der Waals surface area contributed by atoms with Gasteiger partial charge in [-0.3, -0.25) is 14.6 Å². The molecule has 0 aliphatic carbocycles. The summed E-state index contributed by atoms with van der Waals surface area (Å²) >= 11 is 1.88. The third-order valence-electron chi connectivity index (χ3n) is 4.07. The second-order valence-corrected chi connectivity index (χ2v) is 7.24. The van der Waals surface area contributed by atoms with E-state index >= 15 is 0 Å². The van der Waals surface area contributed by atoms with Crippen molar-refractivity contribution >= 4 is 54.1 Å². The highest BCUT2D eigenvalue weighted by atomic mass is 35.5. The average molecular weight is 443 g/mol. The van der Waals surface area contributed by atoms with Crippen molar-refractivity contribution in [1.82, 2.24) is 15.6 Å². The van der Waals surface area contributed by atoms with E-state index in [4.69, 9.17) is 0 Å². The summed E-state index contributed by atoms with van der Waals surface area (Å²) < 4.78 is 0. The van der Waals surface area contributed by atoms with Gasteiger partial charge in [0.05, 0.1) is 0 Å². The fourth-order valence-electron chi connectivity index (χ4n) is 2.66. The monoisotopic (exact) mass is 442 g/mol. The maximum absolute atomic E-state index is 12.2. The van der Waals surface area contributed by atoms with Gasteiger partial charge in [-0.2, -0.15) is 11.8 Å². The molecule has 6 nitrogen and oxygen atoms in total. The Morgan fingerprint density at radius 2 is 1.82 bits per heavy atom. The Hall–Kier alpha value is -1.80. The van der Waals surface area contributed by atoms with Gasteiger partial charge in [-0.15, -0.1) is 24.8 Å². The highest BCUT2D eigenvalue weighted by Gasteiger charge is 2.16. The molecule has 1 fully saturated rings. The fourth-order valence-corrected chi connectivity index (χ4v) is 3.61. The minimum Gasteiger partial charge on any atom is -0.352 e. The molecule has 3 rings (SSSR count). The minimum absolute atomic E-state index is 0. The molecule has 0 bridgehead atoms. The van der Waals surface area contributed by atoms with Gasteiger partial charge < -0.3 is 16.0 Å². The van der Waals surface area contributed by atoms with Crippen LogP contribution in [0.2, 0.25) is 0 Å². The van der Waals surface area contributed by atoms with E-state index in [9.17, 15) is 9.59 Å². The molecule has 0 radical (unpaired) electrons. The Morgan fingerprint density at radius 3 is 2.46 bits per heavy atom. The van der Waals surface area contributed by atoms with Crippen molar-refractivity contribution in [3.8, 4) is 0 Å². The predicted molar refractivity (Wildman–Crippen MR) is 119 cm³/mol. The van der Waals surface area contributed by atoms with Crippen LogP contribution in [0.1, 0.15) is 22.3 Å². The van der Waals surface area contributed by atoms with Gasteiger partial charge in [-0.25, -0.2) is 0 Å². The lowest BCUT2D eigenvalue weighted by molar-refractivity contribution is -0.121. The van der Waals surface area contributed by atoms with Gasteiger partial charge in [0.25, 0.3) is 5.91 Å². The van der Waals surface area contributed by atoms with Crippen molar-refractivity contribution in [2.45, 2.75) is 19.0 Å². The van der Waals surface area contributed by atoms with Crippen molar-refractivity contribution in [2.75, 3.05) is 23.4 Å². The molecule has 1 saturated heterocycles. The third kappa shape index (κ3) is 7.67. The number of pyridine rings is 1. The number of benzene rings is 1. The van der Waals surface area contributed by atoms with Crippen LogP contribution in [0.3, 0.4) is 0 Å². The molecule has 3 N–H and O–H groups in total. The number of hydrogen-bond donors (Lipinski definition) is 3. The van der Waals surface area contributed by atoms with Crippen LogP contribution in [0.4, 0.5) is 5.69 Å². The molecule has 0 saturated carbocycles. The van der Waals surface area contributed by atoms with Crippen molar-refractivity contribution in [2.24, 2.45) is 0 Å². The molecular weight excluding hydrogens is 419 g/mol. The van der Waals surface area contributed by atoms with Gasteiger partial charge in [-0.05, 0) is 29.8 Å². The van der Waals surface area contributed by atoms with Gasteiger partial charge in [-0.1, -0.05) is 12.1 Å². The molecular formula is C19H24Cl2N4O2S. The number of carbonyl (C=O) groups is 2. The number of anilines is 1. The number of nitrogens with one attached hydrogen (secondary N) is 3. The van der Waals surface area contributed by atoms with Crippen LogP contribution < -0.4 is 16.0 Å². The summed E-state index contributed by atoms with van der Waals surface area (Å²) in [7, 11) is 0. The van der Waals surface area contributed by atoms with Crippen LogP contribution >= 0.6 is 36.6 Å². The van der Waals surface area contributed by atoms with Crippen LogP contribution in [0.5, 0.6) is 0 Å². The summed E-state index contributed by atoms with van der Waals surface area (Å²) in [6.07, 6.45) is 3.76. The van der Waals surface area contributed by atoms with E-state index in [1.54, 1.807) is 36.7 Å². The molecule has 2 aromatic rings. The van der Waals surface area contributed by atoms with E-state index in [0.717, 1.165) is 23.6 Å². The quantitative estimate of drug-likeness (QED) is 0.640. The van der Waals surface area contributed by atoms with Crippen molar-refractivity contribution in [1.29, 1.82) is 0 Å². The first-order valence-electron chi connectivity index (χ1n) is 8.59. The summed E-state index contributed by atoms with van der Waals surface area (Å²) in [5.41, 5.74) is 2.24. The third-order valence-corrected chi connectivity index (χ3v) is 5.21. The van der Waals surface area contributed by atoms with E-state index in [2.05, 4.69) is 20.9 Å². The van der Waals surface area contributed by atoms with Crippen LogP contribution in [0, 0.1) is 0 Å². The maximum atomic E-state index is 12.2. The summed E-state index contributed by atoms with van der Waals surface area (Å²) in [6, 6.07) is 11.0. The zero-order valence-corrected chi connectivity index (χ0v) is 17.7. The molecule has 1 aliphatic rings. The van der Waals surface area contributed by atoms with Gasteiger partial charge >= 0.3 is 0 Å². The van der Waals surface area contributed by atoms with E-state index in [1.165, 1.54) is 0 Å². The minimum atomic E-state index is -0.173. The topological polar surface area (TPSA) is 83.1 Å². The van der Waals surface area contributed by atoms with Crippen LogP contribution in [0.15, 0.2) is 48.8 Å². The number of rotatable bonds is 6. The lowest BCUT2D eigenvalue weighted by atomic mass is 10.1. The molecule has 0 spiro atoms. The highest BCUT2D eigenvalue weighted by molar-refractivity contribution is 7.99. The molecule has 2 amide bonds. The number of amides is 2. The number of aromatic nitrogens is 1. The van der Waals surface area contributed by atoms with Crippen molar-refractivity contribution < 1.29 is 9.59 Å². The number of halogens is 2. The molecule has 152 valence electrons. The summed E-state index contributed by atoms with van der Waals surface area (Å²) in [4.78, 5) is 28.2. The fraction of sp³-hybridized carbons (Fsp3) is 0.316. The van der Waals surface area contributed by atoms with Gasteiger partial charge in [0.2, 0.25) is 5.91 Å². The first kappa shape index (κ1) is 24.2. The Balaban J connectivity index is 0.00000196. The molecule has 1 unspecified atom stereocenters. The highest BCUT2D eigenvalue weighted by Crippen LogP contribution is 2.11. The van der Waals surface area contributed by atoms with Crippen molar-refractivity contribution in [3.05, 3.63) is 59.9 Å². The molecule has 28 heavy (non-hydrogen) atoms. The Morgan fingerprint density at radius 1 is 1.11 bits per heavy atom. The maximum Gasteiger partial charge on any atom is 0.255 e. The van der Waals surface area contributed by atoms with E-state index in [0.29, 0.717) is 24.2 Å². The van der Waals surface area contributed by atoms with E-state index < -0.39 is 0 Å².